The summed E-state index contributed by atoms with van der Waals surface area (Å²) < 4.78 is 47.5. The van der Waals surface area contributed by atoms with Gasteiger partial charge in [0.2, 0.25) is 0 Å². The molecule has 0 bridgehead atoms. The van der Waals surface area contributed by atoms with Crippen molar-refractivity contribution in [1.29, 1.82) is 0 Å². The van der Waals surface area contributed by atoms with Gasteiger partial charge < -0.3 is 107 Å². The van der Waals surface area contributed by atoms with Gasteiger partial charge in [-0.25, -0.2) is 14.4 Å². The van der Waals surface area contributed by atoms with E-state index in [1.54, 1.807) is 6.92 Å². The molecule has 18 atom stereocenters. The van der Waals surface area contributed by atoms with Crippen LogP contribution in [0.4, 0.5) is 17.1 Å². The summed E-state index contributed by atoms with van der Waals surface area (Å²) in [5.41, 5.74) is 5.23. The van der Waals surface area contributed by atoms with Crippen molar-refractivity contribution in [1.82, 2.24) is 14.7 Å². The third-order valence-electron chi connectivity index (χ3n) is 18.7. The van der Waals surface area contributed by atoms with Crippen molar-refractivity contribution in [2.45, 2.75) is 138 Å². The number of aliphatic hydroxyl groups excluding tert-OH is 6. The molecular weight excluding hydrogens is 1290 g/mol. The molecule has 3 aromatic carbocycles. The molecule has 2 heterocycles. The van der Waals surface area contributed by atoms with Crippen molar-refractivity contribution in [3.8, 4) is 0 Å². The topological polar surface area (TPSA) is 317 Å². The van der Waals surface area contributed by atoms with Crippen molar-refractivity contribution >= 4 is 35.0 Å². The van der Waals surface area contributed by atoms with E-state index in [2.05, 4.69) is 0 Å². The Bertz CT molecular complexity index is 2950. The van der Waals surface area contributed by atoms with Gasteiger partial charge in [-0.1, -0.05) is 43.3 Å². The largest absolute Gasteiger partial charge is 0.480 e. The van der Waals surface area contributed by atoms with Crippen LogP contribution in [0, 0.1) is 11.8 Å². The number of rotatable bonds is 40. The predicted octanol–water partition coefficient (Wildman–Crippen LogP) is 0.692. The minimum absolute atomic E-state index is 0.0364. The van der Waals surface area contributed by atoms with E-state index >= 15 is 0 Å². The maximum atomic E-state index is 14.0. The molecule has 0 aromatic heterocycles. The van der Waals surface area contributed by atoms with E-state index in [1.807, 2.05) is 215 Å². The van der Waals surface area contributed by atoms with Gasteiger partial charge in [0.15, 0.2) is 6.29 Å². The lowest BCUT2D eigenvalue weighted by atomic mass is 9.73. The van der Waals surface area contributed by atoms with E-state index in [-0.39, 0.29) is 58.8 Å². The number of hydrogen-bond donors (Lipinski definition) is 9. The molecule has 28 nitrogen and oxygen atoms in total. The normalized spacial score (nSPS) is 27.1. The van der Waals surface area contributed by atoms with E-state index in [1.165, 1.54) is 0 Å². The van der Waals surface area contributed by atoms with Gasteiger partial charge in [0.25, 0.3) is 0 Å². The first kappa shape index (κ1) is 83.7. The van der Waals surface area contributed by atoms with E-state index in [4.69, 9.17) is 33.2 Å². The Balaban J connectivity index is 1.59. The number of carboxylic acid groups (broad SMARTS) is 3. The molecular formula is C72H122N9O19+3. The molecule has 9 N–H and O–H groups in total. The van der Waals surface area contributed by atoms with Gasteiger partial charge in [-0.3, -0.25) is 14.7 Å². The molecule has 0 radical (unpaired) electrons. The average molecular weight is 1420 g/mol. The number of nitrogens with zero attached hydrogens (tertiary/aromatic N) is 9. The van der Waals surface area contributed by atoms with Crippen LogP contribution in [0.2, 0.25) is 0 Å². The SMILES string of the molecule is C[C@@H]1[C@@H](COCC(=O)O)C[C@@H](O[C@H]2[C@H](O)[C@@H](N(Cc3ccc(N(C)C)cc3)CC(O)C[N+](C)(C)C)[C@H](O[C@H]3[C@H](O)[C@@H](N(Cc4ccc(N(C)C)cc4)CC(O)C[N+](C)(C)C)[C@H](C)O[C@@H]3COCC(=O)O)O[C@@H]2COCC(=O)O)[C@H](N(Cc2ccc(N(C)C)cc2)CC(O)C[N+](C)(C)C)[C@H]1O. The van der Waals surface area contributed by atoms with Crippen molar-refractivity contribution < 1.29 is 107 Å². The summed E-state index contributed by atoms with van der Waals surface area (Å²) in [5, 5.41) is 107. The first-order chi connectivity index (χ1) is 46.7. The van der Waals surface area contributed by atoms with Crippen LogP contribution >= 0.6 is 0 Å². The number of aliphatic hydroxyl groups is 6. The van der Waals surface area contributed by atoms with Crippen LogP contribution in [0.1, 0.15) is 37.0 Å². The zero-order valence-electron chi connectivity index (χ0n) is 62.3. The molecule has 2 saturated heterocycles. The minimum atomic E-state index is -1.75. The second-order valence-electron chi connectivity index (χ2n) is 31.5. The molecule has 3 aliphatic rings. The molecule has 28 heteroatoms. The van der Waals surface area contributed by atoms with E-state index in [9.17, 15) is 60.3 Å². The molecule has 3 unspecified atom stereocenters. The highest BCUT2D eigenvalue weighted by Crippen LogP contribution is 2.41. The van der Waals surface area contributed by atoms with Gasteiger partial charge in [0, 0.05) is 98.6 Å². The number of ether oxygens (including phenoxy) is 7. The number of benzene rings is 3. The number of aliphatic carboxylic acids is 3. The lowest BCUT2D eigenvalue weighted by Crippen LogP contribution is -2.70. The maximum absolute atomic E-state index is 14.0. The standard InChI is InChI=1S/C72H119N9O19/c1-46-51(40-94-43-61(85)86)30-58(65(67(46)91)77(35-56(83)38-80(12,13)14)32-49-20-26-53(27-21-49)74(5)6)98-70-60(42-96-45-63(89)90)99-72(66(69(70)93)78(36-57(84)39-81(15,16)17)33-50-22-28-54(29-23-50)75(7)8)100-71-59(41-95-44-62(87)88)97-47(2)64(68(71)92)76(34-55(82)37-79(9,10)11)31-48-18-24-52(25-19-48)73(3)4/h18-29,46-47,51,55-60,64-72,82-84,91-93H,30-45H2,1-17H3/p+3/t46-,47+,51-,55?,56?,57?,58-,59-,60-,64+,65+,66-,67+,68-,69-,70-,71-,72+/m1/s1. The lowest BCUT2D eigenvalue weighted by Gasteiger charge is -2.54. The minimum Gasteiger partial charge on any atom is -0.480 e. The summed E-state index contributed by atoms with van der Waals surface area (Å²) in [6.07, 6.45) is -16.6. The summed E-state index contributed by atoms with van der Waals surface area (Å²) in [6, 6.07) is 20.2. The van der Waals surface area contributed by atoms with E-state index in [0.717, 1.165) is 33.8 Å². The summed E-state index contributed by atoms with van der Waals surface area (Å²) in [4.78, 5) is 48.1. The monoisotopic (exact) mass is 1420 g/mol. The van der Waals surface area contributed by atoms with Crippen LogP contribution in [0.3, 0.4) is 0 Å². The van der Waals surface area contributed by atoms with Gasteiger partial charge >= 0.3 is 17.9 Å². The fraction of sp³-hybridized carbons (Fsp3) is 0.708. The molecule has 2 aliphatic heterocycles. The molecule has 3 fully saturated rings. The lowest BCUT2D eigenvalue weighted by molar-refractivity contribution is -0.873. The van der Waals surface area contributed by atoms with Gasteiger partial charge in [-0.05, 0) is 78.3 Å². The maximum Gasteiger partial charge on any atom is 0.329 e. The van der Waals surface area contributed by atoms with Crippen molar-refractivity contribution in [2.24, 2.45) is 11.8 Å². The smallest absolute Gasteiger partial charge is 0.329 e. The molecule has 3 aromatic rings. The van der Waals surface area contributed by atoms with Crippen LogP contribution in [-0.2, 0) is 67.2 Å². The second kappa shape index (κ2) is 37.4. The van der Waals surface area contributed by atoms with Crippen molar-refractivity contribution in [3.63, 3.8) is 0 Å². The molecule has 0 spiro atoms. The molecule has 566 valence electrons. The van der Waals surface area contributed by atoms with Crippen LogP contribution in [0.5, 0.6) is 0 Å². The highest BCUT2D eigenvalue weighted by atomic mass is 16.7. The van der Waals surface area contributed by atoms with Gasteiger partial charge in [0.1, 0.15) is 94.4 Å². The summed E-state index contributed by atoms with van der Waals surface area (Å²) in [7, 11) is 29.1. The van der Waals surface area contributed by atoms with Gasteiger partial charge in [-0.2, -0.15) is 0 Å². The first-order valence-corrected chi connectivity index (χ1v) is 34.7. The number of anilines is 3. The van der Waals surface area contributed by atoms with Crippen molar-refractivity contribution in [2.75, 3.05) is 199 Å². The Morgan fingerprint density at radius 1 is 0.470 bits per heavy atom. The number of carbonyl (C=O) groups is 3. The predicted molar refractivity (Wildman–Crippen MR) is 379 cm³/mol. The second-order valence-corrected chi connectivity index (χ2v) is 31.5. The Labute approximate surface area is 592 Å². The molecule has 1 aliphatic carbocycles. The van der Waals surface area contributed by atoms with Crippen LogP contribution in [0.25, 0.3) is 0 Å². The Hall–Kier alpha value is -5.29. The van der Waals surface area contributed by atoms with E-state index in [0.29, 0.717) is 26.5 Å². The number of hydrogen-bond acceptors (Lipinski definition) is 22. The third kappa shape index (κ3) is 25.8. The van der Waals surface area contributed by atoms with Crippen molar-refractivity contribution in [3.05, 3.63) is 89.5 Å². The fourth-order valence-electron chi connectivity index (χ4n) is 14.3. The molecule has 0 amide bonds. The average Bonchev–Trinajstić information content (AvgIpc) is 0.759. The Morgan fingerprint density at radius 3 is 1.16 bits per heavy atom. The third-order valence-corrected chi connectivity index (χ3v) is 18.7. The summed E-state index contributed by atoms with van der Waals surface area (Å²) in [5.74, 6) is -4.88. The van der Waals surface area contributed by atoms with Crippen LogP contribution in [-0.4, -0.2) is 374 Å². The fourth-order valence-corrected chi connectivity index (χ4v) is 14.3. The van der Waals surface area contributed by atoms with Gasteiger partial charge in [-0.15, -0.1) is 0 Å². The Kier molecular flexibility index (Phi) is 31.3. The molecule has 6 rings (SSSR count). The highest BCUT2D eigenvalue weighted by Gasteiger charge is 2.56. The number of quaternary nitrogens is 3. The zero-order chi connectivity index (χ0) is 74.3. The zero-order valence-corrected chi connectivity index (χ0v) is 62.3. The highest BCUT2D eigenvalue weighted by molar-refractivity contribution is 5.68. The van der Waals surface area contributed by atoms with Gasteiger partial charge in [0.05, 0.1) is 120 Å². The molecule has 100 heavy (non-hydrogen) atoms. The summed E-state index contributed by atoms with van der Waals surface area (Å²) in [6.45, 7) is 1.67. The number of likely N-dealkylation sites (N-methyl/N-ethyl adjacent to an activating group) is 3. The molecule has 1 saturated carbocycles. The number of carboxylic acids is 3. The first-order valence-electron chi connectivity index (χ1n) is 34.7. The Morgan fingerprint density at radius 2 is 0.800 bits per heavy atom. The van der Waals surface area contributed by atoms with E-state index < -0.39 is 160 Å². The summed E-state index contributed by atoms with van der Waals surface area (Å²) >= 11 is 0. The van der Waals surface area contributed by atoms with Crippen LogP contribution in [0.15, 0.2) is 72.8 Å². The van der Waals surface area contributed by atoms with Crippen LogP contribution < -0.4 is 14.7 Å². The quantitative estimate of drug-likeness (QED) is 0.0354.